The van der Waals surface area contributed by atoms with Crippen LogP contribution >= 0.6 is 0 Å². The Kier molecular flexibility index (Phi) is 7.09. The number of fused-ring (bicyclic) bond motifs is 1. The molecular formula is C19H30N4O. The Morgan fingerprint density at radius 1 is 1.21 bits per heavy atom. The molecule has 1 aliphatic rings. The summed E-state index contributed by atoms with van der Waals surface area (Å²) in [4.78, 5) is 18.6. The second-order valence-corrected chi connectivity index (χ2v) is 6.32. The molecule has 0 aromatic heterocycles. The number of carbonyl (C=O) groups excluding carboxylic acids is 1. The summed E-state index contributed by atoms with van der Waals surface area (Å²) >= 11 is 0. The van der Waals surface area contributed by atoms with Gasteiger partial charge < -0.3 is 15.5 Å². The van der Waals surface area contributed by atoms with Crippen LogP contribution in [-0.2, 0) is 17.8 Å². The fourth-order valence-electron chi connectivity index (χ4n) is 3.02. The van der Waals surface area contributed by atoms with Gasteiger partial charge in [0.05, 0.1) is 6.54 Å². The second-order valence-electron chi connectivity index (χ2n) is 6.32. The maximum atomic E-state index is 12.5. The molecule has 132 valence electrons. The molecule has 1 aromatic rings. The van der Waals surface area contributed by atoms with Crippen LogP contribution in [0.5, 0.6) is 0 Å². The number of hydrogen-bond acceptors (Lipinski definition) is 2. The summed E-state index contributed by atoms with van der Waals surface area (Å²) in [6, 6.07) is 8.36. The lowest BCUT2D eigenvalue weighted by Crippen LogP contribution is -2.46. The lowest BCUT2D eigenvalue weighted by atomic mass is 10.00. The topological polar surface area (TPSA) is 56.7 Å². The van der Waals surface area contributed by atoms with Gasteiger partial charge in [0.2, 0.25) is 5.91 Å². The minimum Gasteiger partial charge on any atom is -0.356 e. The lowest BCUT2D eigenvalue weighted by Gasteiger charge is -2.29. The summed E-state index contributed by atoms with van der Waals surface area (Å²) in [6.45, 7) is 7.06. The molecule has 24 heavy (non-hydrogen) atoms. The SMILES string of the molecule is CCC(CC)CNC(=NC)NCC(=O)N1CCc2ccccc2C1. The van der Waals surface area contributed by atoms with E-state index >= 15 is 0 Å². The number of guanidine groups is 1. The van der Waals surface area contributed by atoms with Crippen molar-refractivity contribution in [1.82, 2.24) is 15.5 Å². The van der Waals surface area contributed by atoms with Gasteiger partial charge in [0.25, 0.3) is 0 Å². The molecule has 0 unspecified atom stereocenters. The zero-order chi connectivity index (χ0) is 17.4. The molecule has 0 spiro atoms. The number of rotatable bonds is 6. The molecule has 0 atom stereocenters. The van der Waals surface area contributed by atoms with E-state index in [0.717, 1.165) is 32.4 Å². The third-order valence-electron chi connectivity index (χ3n) is 4.83. The third-order valence-corrected chi connectivity index (χ3v) is 4.83. The highest BCUT2D eigenvalue weighted by molar-refractivity contribution is 5.86. The standard InChI is InChI=1S/C19H30N4O/c1-4-15(5-2)12-21-19(20-3)22-13-18(24)23-11-10-16-8-6-7-9-17(16)14-23/h6-9,15H,4-5,10-14H2,1-3H3,(H2,20,21,22). The van der Waals surface area contributed by atoms with Crippen molar-refractivity contribution in [2.75, 3.05) is 26.7 Å². The fraction of sp³-hybridized carbons (Fsp3) is 0.579. The van der Waals surface area contributed by atoms with Gasteiger partial charge in [-0.05, 0) is 23.5 Å². The van der Waals surface area contributed by atoms with E-state index < -0.39 is 0 Å². The average Bonchev–Trinajstić information content (AvgIpc) is 2.64. The molecule has 0 fully saturated rings. The van der Waals surface area contributed by atoms with Crippen molar-refractivity contribution in [3.63, 3.8) is 0 Å². The molecule has 1 aliphatic heterocycles. The Hall–Kier alpha value is -2.04. The Morgan fingerprint density at radius 3 is 2.58 bits per heavy atom. The van der Waals surface area contributed by atoms with Crippen LogP contribution in [0.25, 0.3) is 0 Å². The molecular weight excluding hydrogens is 300 g/mol. The first-order valence-electron chi connectivity index (χ1n) is 8.97. The largest absolute Gasteiger partial charge is 0.356 e. The molecule has 0 saturated heterocycles. The summed E-state index contributed by atoms with van der Waals surface area (Å²) in [5.41, 5.74) is 2.62. The first-order chi connectivity index (χ1) is 11.7. The number of aliphatic imine (C=N–C) groups is 1. The minimum absolute atomic E-state index is 0.120. The van der Waals surface area contributed by atoms with Crippen molar-refractivity contribution in [1.29, 1.82) is 0 Å². The molecule has 5 nitrogen and oxygen atoms in total. The molecule has 2 N–H and O–H groups in total. The zero-order valence-electron chi connectivity index (χ0n) is 15.1. The summed E-state index contributed by atoms with van der Waals surface area (Å²) < 4.78 is 0. The number of carbonyl (C=O) groups is 1. The van der Waals surface area contributed by atoms with Crippen LogP contribution in [0.15, 0.2) is 29.3 Å². The Morgan fingerprint density at radius 2 is 1.92 bits per heavy atom. The maximum absolute atomic E-state index is 12.5. The minimum atomic E-state index is 0.120. The predicted molar refractivity (Wildman–Crippen MR) is 99.0 cm³/mol. The van der Waals surface area contributed by atoms with E-state index in [1.54, 1.807) is 7.05 Å². The summed E-state index contributed by atoms with van der Waals surface area (Å²) in [6.07, 6.45) is 3.22. The van der Waals surface area contributed by atoms with Crippen LogP contribution in [0.4, 0.5) is 0 Å². The molecule has 0 saturated carbocycles. The zero-order valence-corrected chi connectivity index (χ0v) is 15.1. The molecule has 0 radical (unpaired) electrons. The first-order valence-corrected chi connectivity index (χ1v) is 8.97. The van der Waals surface area contributed by atoms with Crippen LogP contribution in [0, 0.1) is 5.92 Å². The van der Waals surface area contributed by atoms with Crippen molar-refractivity contribution in [3.05, 3.63) is 35.4 Å². The molecule has 1 aromatic carbocycles. The number of nitrogens with one attached hydrogen (secondary N) is 2. The number of amides is 1. The third kappa shape index (κ3) is 4.98. The molecule has 1 amide bonds. The Balaban J connectivity index is 1.80. The van der Waals surface area contributed by atoms with Crippen molar-refractivity contribution in [3.8, 4) is 0 Å². The highest BCUT2D eigenvalue weighted by Gasteiger charge is 2.20. The van der Waals surface area contributed by atoms with Crippen molar-refractivity contribution in [2.45, 2.75) is 39.7 Å². The summed E-state index contributed by atoms with van der Waals surface area (Å²) in [5.74, 6) is 1.46. The number of nitrogens with zero attached hydrogens (tertiary/aromatic N) is 2. The monoisotopic (exact) mass is 330 g/mol. The van der Waals surface area contributed by atoms with E-state index in [1.807, 2.05) is 11.0 Å². The van der Waals surface area contributed by atoms with Gasteiger partial charge in [0.1, 0.15) is 0 Å². The van der Waals surface area contributed by atoms with E-state index in [9.17, 15) is 4.79 Å². The highest BCUT2D eigenvalue weighted by atomic mass is 16.2. The quantitative estimate of drug-likeness (QED) is 0.621. The van der Waals surface area contributed by atoms with Crippen LogP contribution in [0.1, 0.15) is 37.8 Å². The number of hydrogen-bond donors (Lipinski definition) is 2. The van der Waals surface area contributed by atoms with Crippen molar-refractivity contribution >= 4 is 11.9 Å². The van der Waals surface area contributed by atoms with Gasteiger partial charge in [-0.3, -0.25) is 9.79 Å². The van der Waals surface area contributed by atoms with Crippen LogP contribution in [0.3, 0.4) is 0 Å². The lowest BCUT2D eigenvalue weighted by molar-refractivity contribution is -0.130. The van der Waals surface area contributed by atoms with Gasteiger partial charge in [-0.25, -0.2) is 0 Å². The molecule has 0 bridgehead atoms. The van der Waals surface area contributed by atoms with E-state index in [2.05, 4.69) is 47.7 Å². The van der Waals surface area contributed by atoms with Gasteiger partial charge >= 0.3 is 0 Å². The highest BCUT2D eigenvalue weighted by Crippen LogP contribution is 2.18. The van der Waals surface area contributed by atoms with Crippen LogP contribution in [0.2, 0.25) is 0 Å². The van der Waals surface area contributed by atoms with Gasteiger partial charge in [-0.1, -0.05) is 51.0 Å². The van der Waals surface area contributed by atoms with Gasteiger partial charge in [0, 0.05) is 26.7 Å². The number of benzene rings is 1. The first kappa shape index (κ1) is 18.3. The normalized spacial score (nSPS) is 14.5. The van der Waals surface area contributed by atoms with Gasteiger partial charge in [0.15, 0.2) is 5.96 Å². The smallest absolute Gasteiger partial charge is 0.242 e. The fourth-order valence-corrected chi connectivity index (χ4v) is 3.02. The summed E-state index contributed by atoms with van der Waals surface area (Å²) in [7, 11) is 1.74. The summed E-state index contributed by atoms with van der Waals surface area (Å²) in [5, 5.41) is 6.46. The van der Waals surface area contributed by atoms with Crippen molar-refractivity contribution < 1.29 is 4.79 Å². The molecule has 1 heterocycles. The van der Waals surface area contributed by atoms with E-state index in [4.69, 9.17) is 0 Å². The van der Waals surface area contributed by atoms with E-state index in [0.29, 0.717) is 18.4 Å². The molecule has 5 heteroatoms. The maximum Gasteiger partial charge on any atom is 0.242 e. The predicted octanol–water partition coefficient (Wildman–Crippen LogP) is 2.17. The van der Waals surface area contributed by atoms with Gasteiger partial charge in [-0.2, -0.15) is 0 Å². The van der Waals surface area contributed by atoms with E-state index in [-0.39, 0.29) is 12.5 Å². The molecule has 2 rings (SSSR count). The van der Waals surface area contributed by atoms with E-state index in [1.165, 1.54) is 11.1 Å². The van der Waals surface area contributed by atoms with Gasteiger partial charge in [-0.15, -0.1) is 0 Å². The second kappa shape index (κ2) is 9.30. The Labute approximate surface area is 145 Å². The molecule has 0 aliphatic carbocycles. The van der Waals surface area contributed by atoms with Crippen LogP contribution < -0.4 is 10.6 Å². The van der Waals surface area contributed by atoms with Crippen molar-refractivity contribution in [2.24, 2.45) is 10.9 Å². The average molecular weight is 330 g/mol. The Bertz CT molecular complexity index is 566. The van der Waals surface area contributed by atoms with Crippen LogP contribution in [-0.4, -0.2) is 43.4 Å².